The van der Waals surface area contributed by atoms with E-state index < -0.39 is 12.2 Å². The second kappa shape index (κ2) is 6.10. The van der Waals surface area contributed by atoms with Gasteiger partial charge in [0.05, 0.1) is 19.8 Å². The first-order chi connectivity index (χ1) is 8.10. The lowest BCUT2D eigenvalue weighted by Crippen LogP contribution is -2.21. The van der Waals surface area contributed by atoms with E-state index in [4.69, 9.17) is 10.3 Å². The van der Waals surface area contributed by atoms with E-state index in [1.807, 2.05) is 6.92 Å². The fourth-order valence-corrected chi connectivity index (χ4v) is 1.53. The van der Waals surface area contributed by atoms with Crippen LogP contribution in [-0.2, 0) is 0 Å². The summed E-state index contributed by atoms with van der Waals surface area (Å²) in [4.78, 5) is 2.53. The Morgan fingerprint density at radius 3 is 2.71 bits per heavy atom. The van der Waals surface area contributed by atoms with Crippen molar-refractivity contribution in [3.8, 4) is 5.75 Å². The highest BCUT2D eigenvalue weighted by Gasteiger charge is 2.18. The number of aliphatic hydroxyl groups is 2. The number of hydrogen-bond donors (Lipinski definition) is 2. The summed E-state index contributed by atoms with van der Waals surface area (Å²) in [6, 6.07) is 5.10. The number of azide groups is 1. The van der Waals surface area contributed by atoms with Crippen LogP contribution in [0.1, 0.15) is 17.2 Å². The fraction of sp³-hybridized carbons (Fsp3) is 0.455. The van der Waals surface area contributed by atoms with Gasteiger partial charge in [0, 0.05) is 4.91 Å². The Labute approximate surface area is 99.1 Å². The van der Waals surface area contributed by atoms with Crippen molar-refractivity contribution in [1.29, 1.82) is 0 Å². The van der Waals surface area contributed by atoms with E-state index in [0.29, 0.717) is 11.3 Å². The summed E-state index contributed by atoms with van der Waals surface area (Å²) in [6.45, 7) is 1.68. The lowest BCUT2D eigenvalue weighted by Gasteiger charge is -2.17. The lowest BCUT2D eigenvalue weighted by atomic mass is 10.0. The maximum Gasteiger partial charge on any atom is 0.121 e. The first-order valence-electron chi connectivity index (χ1n) is 5.11. The predicted molar refractivity (Wildman–Crippen MR) is 62.7 cm³/mol. The molecule has 1 aromatic rings. The zero-order valence-electron chi connectivity index (χ0n) is 9.74. The van der Waals surface area contributed by atoms with Gasteiger partial charge in [-0.2, -0.15) is 0 Å². The van der Waals surface area contributed by atoms with E-state index in [1.54, 1.807) is 25.3 Å². The van der Waals surface area contributed by atoms with Crippen molar-refractivity contribution >= 4 is 0 Å². The van der Waals surface area contributed by atoms with Crippen LogP contribution in [0.2, 0.25) is 0 Å². The topological polar surface area (TPSA) is 98.5 Å². The molecule has 0 saturated carbocycles. The second-order valence-electron chi connectivity index (χ2n) is 3.65. The highest BCUT2D eigenvalue weighted by molar-refractivity contribution is 5.37. The van der Waals surface area contributed by atoms with E-state index in [0.717, 1.165) is 5.56 Å². The quantitative estimate of drug-likeness (QED) is 0.463. The van der Waals surface area contributed by atoms with Gasteiger partial charge in [-0.1, -0.05) is 11.2 Å². The summed E-state index contributed by atoms with van der Waals surface area (Å²) in [5, 5.41) is 22.6. The van der Waals surface area contributed by atoms with Gasteiger partial charge in [-0.25, -0.2) is 0 Å². The maximum atomic E-state index is 9.83. The molecule has 0 aliphatic carbocycles. The summed E-state index contributed by atoms with van der Waals surface area (Å²) < 4.78 is 5.09. The van der Waals surface area contributed by atoms with Crippen molar-refractivity contribution in [3.63, 3.8) is 0 Å². The van der Waals surface area contributed by atoms with Gasteiger partial charge in [0.15, 0.2) is 0 Å². The molecular formula is C11H15N3O3. The molecule has 1 rings (SSSR count). The first kappa shape index (κ1) is 13.3. The maximum absolute atomic E-state index is 9.83. The minimum atomic E-state index is -1.11. The third-order valence-electron chi connectivity index (χ3n) is 2.46. The van der Waals surface area contributed by atoms with Crippen LogP contribution in [0.15, 0.2) is 23.3 Å². The van der Waals surface area contributed by atoms with Gasteiger partial charge in [0.25, 0.3) is 0 Å². The third-order valence-corrected chi connectivity index (χ3v) is 2.46. The second-order valence-corrected chi connectivity index (χ2v) is 3.65. The Kier molecular flexibility index (Phi) is 4.78. The molecule has 0 fully saturated rings. The Bertz CT molecular complexity index is 430. The lowest BCUT2D eigenvalue weighted by molar-refractivity contribution is 0.0243. The summed E-state index contributed by atoms with van der Waals surface area (Å²) in [7, 11) is 1.56. The summed E-state index contributed by atoms with van der Waals surface area (Å²) >= 11 is 0. The molecule has 0 saturated heterocycles. The number of nitrogens with zero attached hydrogens (tertiary/aromatic N) is 3. The molecule has 6 nitrogen and oxygen atoms in total. The van der Waals surface area contributed by atoms with E-state index in [1.165, 1.54) is 0 Å². The molecule has 2 atom stereocenters. The number of hydrogen-bond acceptors (Lipinski definition) is 4. The van der Waals surface area contributed by atoms with Crippen molar-refractivity contribution in [2.45, 2.75) is 19.1 Å². The molecule has 2 N–H and O–H groups in total. The molecule has 0 aliphatic heterocycles. The Balaban J connectivity index is 2.85. The molecule has 6 heteroatoms. The zero-order valence-corrected chi connectivity index (χ0v) is 9.74. The van der Waals surface area contributed by atoms with Crippen molar-refractivity contribution in [3.05, 3.63) is 39.8 Å². The third kappa shape index (κ3) is 3.35. The first-order valence-corrected chi connectivity index (χ1v) is 5.11. The largest absolute Gasteiger partial charge is 0.496 e. The molecule has 0 radical (unpaired) electrons. The van der Waals surface area contributed by atoms with E-state index in [2.05, 4.69) is 10.0 Å². The average molecular weight is 237 g/mol. The normalized spacial score (nSPS) is 13.6. The Morgan fingerprint density at radius 2 is 2.18 bits per heavy atom. The van der Waals surface area contributed by atoms with Gasteiger partial charge in [0.2, 0.25) is 0 Å². The van der Waals surface area contributed by atoms with Crippen LogP contribution in [0, 0.1) is 6.92 Å². The van der Waals surface area contributed by atoms with E-state index in [-0.39, 0.29) is 6.54 Å². The van der Waals surface area contributed by atoms with Crippen molar-refractivity contribution in [2.75, 3.05) is 13.7 Å². The minimum Gasteiger partial charge on any atom is -0.496 e. The predicted octanol–water partition coefficient (Wildman–Crippen LogP) is 1.71. The van der Waals surface area contributed by atoms with Gasteiger partial charge >= 0.3 is 0 Å². The SMILES string of the molecule is COc1ccc(C(O)C(O)CN=[N+]=[N-])cc1C. The van der Waals surface area contributed by atoms with Crippen LogP contribution in [0.3, 0.4) is 0 Å². The summed E-state index contributed by atoms with van der Waals surface area (Å²) in [5.41, 5.74) is 9.55. The van der Waals surface area contributed by atoms with Gasteiger partial charge in [-0.15, -0.1) is 0 Å². The average Bonchev–Trinajstić information content (AvgIpc) is 2.34. The van der Waals surface area contributed by atoms with Crippen LogP contribution in [0.4, 0.5) is 0 Å². The molecule has 0 amide bonds. The Morgan fingerprint density at radius 1 is 1.47 bits per heavy atom. The van der Waals surface area contributed by atoms with Crippen molar-refractivity contribution in [1.82, 2.24) is 0 Å². The van der Waals surface area contributed by atoms with Crippen LogP contribution >= 0.6 is 0 Å². The molecule has 92 valence electrons. The van der Waals surface area contributed by atoms with E-state index in [9.17, 15) is 10.2 Å². The van der Waals surface area contributed by atoms with Crippen LogP contribution in [0.25, 0.3) is 10.4 Å². The molecule has 0 aromatic heterocycles. The number of aryl methyl sites for hydroxylation is 1. The molecule has 0 spiro atoms. The van der Waals surface area contributed by atoms with E-state index >= 15 is 0 Å². The van der Waals surface area contributed by atoms with Gasteiger partial charge in [-0.3, -0.25) is 0 Å². The smallest absolute Gasteiger partial charge is 0.121 e. The Hall–Kier alpha value is -1.75. The van der Waals surface area contributed by atoms with Crippen molar-refractivity contribution < 1.29 is 14.9 Å². The molecular weight excluding hydrogens is 222 g/mol. The van der Waals surface area contributed by atoms with Crippen molar-refractivity contribution in [2.24, 2.45) is 5.11 Å². The molecule has 2 unspecified atom stereocenters. The minimum absolute atomic E-state index is 0.164. The molecule has 0 bridgehead atoms. The highest BCUT2D eigenvalue weighted by atomic mass is 16.5. The fourth-order valence-electron chi connectivity index (χ4n) is 1.53. The molecule has 0 aliphatic rings. The van der Waals surface area contributed by atoms with Crippen LogP contribution in [0.5, 0.6) is 5.75 Å². The molecule has 1 aromatic carbocycles. The standard InChI is InChI=1S/C11H15N3O3/c1-7-5-8(3-4-10(7)17-2)11(16)9(15)6-13-14-12/h3-5,9,11,15-16H,6H2,1-2H3. The summed E-state index contributed by atoms with van der Waals surface area (Å²) in [6.07, 6.45) is -2.19. The summed E-state index contributed by atoms with van der Waals surface area (Å²) in [5.74, 6) is 0.713. The highest BCUT2D eigenvalue weighted by Crippen LogP contribution is 2.24. The zero-order chi connectivity index (χ0) is 12.8. The van der Waals surface area contributed by atoms with Gasteiger partial charge < -0.3 is 14.9 Å². The number of aliphatic hydroxyl groups excluding tert-OH is 2. The number of benzene rings is 1. The number of rotatable bonds is 5. The van der Waals surface area contributed by atoms with Gasteiger partial charge in [-0.05, 0) is 35.7 Å². The number of ether oxygens (including phenoxy) is 1. The molecule has 0 heterocycles. The van der Waals surface area contributed by atoms with Gasteiger partial charge in [0.1, 0.15) is 11.9 Å². The van der Waals surface area contributed by atoms with Crippen LogP contribution in [-0.4, -0.2) is 30.0 Å². The molecule has 17 heavy (non-hydrogen) atoms. The van der Waals surface area contributed by atoms with Crippen LogP contribution < -0.4 is 4.74 Å². The monoisotopic (exact) mass is 237 g/mol. The number of methoxy groups -OCH3 is 1.